The van der Waals surface area contributed by atoms with Crippen molar-refractivity contribution in [2.75, 3.05) is 13.2 Å². The van der Waals surface area contributed by atoms with Crippen molar-refractivity contribution in [1.29, 1.82) is 0 Å². The molecule has 8 nitrogen and oxygen atoms in total. The van der Waals surface area contributed by atoms with Gasteiger partial charge in [0.2, 0.25) is 6.29 Å². The fourth-order valence-electron chi connectivity index (χ4n) is 5.27. The summed E-state index contributed by atoms with van der Waals surface area (Å²) >= 11 is 5.93. The molecule has 3 saturated heterocycles. The largest absolute Gasteiger partial charge is 0.429 e. The van der Waals surface area contributed by atoms with Crippen molar-refractivity contribution in [2.24, 2.45) is 5.41 Å². The molecular weight excluding hydrogens is 404 g/mol. The van der Waals surface area contributed by atoms with Crippen molar-refractivity contribution in [2.45, 2.75) is 56.3 Å². The van der Waals surface area contributed by atoms with Crippen LogP contribution in [0.4, 0.5) is 0 Å². The van der Waals surface area contributed by atoms with E-state index in [1.54, 1.807) is 12.1 Å². The second-order valence-corrected chi connectivity index (χ2v) is 8.49. The Morgan fingerprint density at radius 1 is 1.31 bits per heavy atom. The number of carbonyl (C=O) groups is 2. The monoisotopic (exact) mass is 424 g/mol. The topological polar surface area (TPSA) is 101 Å². The first kappa shape index (κ1) is 19.4. The second-order valence-electron chi connectivity index (χ2n) is 8.06. The van der Waals surface area contributed by atoms with Gasteiger partial charge in [0.25, 0.3) is 0 Å². The summed E-state index contributed by atoms with van der Waals surface area (Å²) in [4.78, 5) is 25.7. The summed E-state index contributed by atoms with van der Waals surface area (Å²) in [5, 5.41) is 11.6. The first-order chi connectivity index (χ1) is 13.8. The molecule has 5 rings (SSSR count). The third-order valence-corrected chi connectivity index (χ3v) is 6.88. The van der Waals surface area contributed by atoms with E-state index in [4.69, 9.17) is 35.3 Å². The van der Waals surface area contributed by atoms with Gasteiger partial charge in [-0.2, -0.15) is 0 Å². The molecule has 1 aromatic rings. The minimum absolute atomic E-state index is 0.119. The minimum Gasteiger partial charge on any atom is -0.429 e. The summed E-state index contributed by atoms with van der Waals surface area (Å²) < 4.78 is 29.0. The number of fused-ring (bicyclic) bond motifs is 2. The number of Topliss-reactive ketones (excluding diaryl/α,β-unsaturated/α-hetero) is 1. The predicted molar refractivity (Wildman–Crippen MR) is 97.0 cm³/mol. The molecule has 3 aliphatic heterocycles. The van der Waals surface area contributed by atoms with E-state index in [-0.39, 0.29) is 24.2 Å². The number of rotatable bonds is 2. The summed E-state index contributed by atoms with van der Waals surface area (Å²) in [6.45, 7) is 2.60. The zero-order chi connectivity index (χ0) is 20.4. The number of hydrogen-bond donors (Lipinski definition) is 1. The van der Waals surface area contributed by atoms with Crippen molar-refractivity contribution in [1.82, 2.24) is 0 Å². The van der Waals surface area contributed by atoms with Gasteiger partial charge in [-0.15, -0.1) is 0 Å². The number of aliphatic hydroxyl groups excluding tert-OH is 1. The molecule has 0 radical (unpaired) electrons. The molecule has 9 heteroatoms. The highest BCUT2D eigenvalue weighted by Gasteiger charge is 2.79. The Morgan fingerprint density at radius 2 is 2.07 bits per heavy atom. The van der Waals surface area contributed by atoms with E-state index < -0.39 is 41.5 Å². The molecule has 4 fully saturated rings. The molecule has 0 aromatic heterocycles. The molecule has 0 amide bonds. The summed E-state index contributed by atoms with van der Waals surface area (Å²) in [5.41, 5.74) is -2.42. The molecule has 1 aliphatic carbocycles. The summed E-state index contributed by atoms with van der Waals surface area (Å²) in [6, 6.07) is 6.23. The lowest BCUT2D eigenvalue weighted by atomic mass is 9.57. The average molecular weight is 425 g/mol. The zero-order valence-electron chi connectivity index (χ0n) is 15.8. The van der Waals surface area contributed by atoms with E-state index in [0.717, 1.165) is 0 Å². The number of aliphatic hydroxyl groups is 1. The first-order valence-electron chi connectivity index (χ1n) is 9.60. The van der Waals surface area contributed by atoms with Crippen molar-refractivity contribution in [3.05, 3.63) is 34.9 Å². The van der Waals surface area contributed by atoms with Crippen LogP contribution in [0.1, 0.15) is 36.5 Å². The number of hydrogen-bond acceptors (Lipinski definition) is 8. The third-order valence-electron chi connectivity index (χ3n) is 6.65. The lowest BCUT2D eigenvalue weighted by Crippen LogP contribution is -2.73. The van der Waals surface area contributed by atoms with Crippen LogP contribution in [0, 0.1) is 5.41 Å². The van der Waals surface area contributed by atoms with E-state index >= 15 is 0 Å². The Hall–Kier alpha value is -1.55. The maximum atomic E-state index is 13.1. The van der Waals surface area contributed by atoms with Crippen LogP contribution in [-0.4, -0.2) is 60.1 Å². The van der Waals surface area contributed by atoms with Crippen LogP contribution in [0.3, 0.4) is 0 Å². The summed E-state index contributed by atoms with van der Waals surface area (Å²) in [7, 11) is 0. The number of carbonyl (C=O) groups excluding carboxylic acids is 2. The highest BCUT2D eigenvalue weighted by Crippen LogP contribution is 2.64. The molecule has 2 spiro atoms. The van der Waals surface area contributed by atoms with Gasteiger partial charge in [0.05, 0.1) is 24.2 Å². The van der Waals surface area contributed by atoms with Gasteiger partial charge in [-0.3, -0.25) is 4.79 Å². The molecular formula is C20H21ClO8. The Balaban J connectivity index is 1.48. The summed E-state index contributed by atoms with van der Waals surface area (Å²) in [6.07, 6.45) is -2.99. The maximum absolute atomic E-state index is 13.1. The van der Waals surface area contributed by atoms with Crippen molar-refractivity contribution >= 4 is 23.4 Å². The van der Waals surface area contributed by atoms with Gasteiger partial charge in [0.15, 0.2) is 29.6 Å². The number of halogens is 1. The van der Waals surface area contributed by atoms with E-state index in [2.05, 4.69) is 0 Å². The lowest BCUT2D eigenvalue weighted by molar-refractivity contribution is -0.355. The standard InChI is InChI=1S/C20H21ClO8/c1-18-10-14-27-17(28-16(24)11-3-2-4-12(21)9-11)15(23)20(18,29-14)13(22)5-6-19(18)25-7-8-26-19/h2-4,9,14-15,17,23H,5-8,10H2,1H3/t14-,15-,17-,18-,20-/m1/s1. The fraction of sp³-hybridized carbons (Fsp3) is 0.600. The number of ketones is 1. The predicted octanol–water partition coefficient (Wildman–Crippen LogP) is 1.81. The molecule has 156 valence electrons. The minimum atomic E-state index is -1.64. The lowest BCUT2D eigenvalue weighted by Gasteiger charge is -2.55. The Bertz CT molecular complexity index is 868. The molecule has 2 bridgehead atoms. The Labute approximate surface area is 172 Å². The molecule has 3 heterocycles. The third kappa shape index (κ3) is 2.50. The van der Waals surface area contributed by atoms with Crippen LogP contribution in [0.5, 0.6) is 0 Å². The van der Waals surface area contributed by atoms with Crippen LogP contribution in [0.15, 0.2) is 24.3 Å². The molecule has 1 aromatic carbocycles. The maximum Gasteiger partial charge on any atom is 0.340 e. The zero-order valence-corrected chi connectivity index (χ0v) is 16.5. The van der Waals surface area contributed by atoms with Crippen molar-refractivity contribution in [3.8, 4) is 0 Å². The van der Waals surface area contributed by atoms with Crippen LogP contribution >= 0.6 is 11.6 Å². The molecule has 0 unspecified atom stereocenters. The number of ether oxygens (including phenoxy) is 5. The van der Waals surface area contributed by atoms with E-state index in [0.29, 0.717) is 24.7 Å². The van der Waals surface area contributed by atoms with Gasteiger partial charge in [-0.1, -0.05) is 24.6 Å². The molecule has 1 saturated carbocycles. The molecule has 1 N–H and O–H groups in total. The van der Waals surface area contributed by atoms with Crippen molar-refractivity contribution in [3.63, 3.8) is 0 Å². The van der Waals surface area contributed by atoms with Gasteiger partial charge in [0.1, 0.15) is 0 Å². The van der Waals surface area contributed by atoms with Gasteiger partial charge in [-0.25, -0.2) is 4.79 Å². The van der Waals surface area contributed by atoms with Crippen molar-refractivity contribution < 1.29 is 38.4 Å². The fourth-order valence-corrected chi connectivity index (χ4v) is 5.46. The van der Waals surface area contributed by atoms with E-state index in [1.165, 1.54) is 12.1 Å². The van der Waals surface area contributed by atoms with Crippen LogP contribution in [0.2, 0.25) is 5.02 Å². The molecule has 4 aliphatic rings. The highest BCUT2D eigenvalue weighted by molar-refractivity contribution is 6.30. The van der Waals surface area contributed by atoms with Gasteiger partial charge in [0, 0.05) is 24.3 Å². The quantitative estimate of drug-likeness (QED) is 0.717. The van der Waals surface area contributed by atoms with Crippen LogP contribution in [0.25, 0.3) is 0 Å². The molecule has 29 heavy (non-hydrogen) atoms. The SMILES string of the molecule is C[C@]12C[C@@H]3O[C@H](OC(=O)c4cccc(Cl)c4)[C@@H](O)[C@]1(O3)C(=O)CCC21OCCO1. The highest BCUT2D eigenvalue weighted by atomic mass is 35.5. The van der Waals surface area contributed by atoms with Gasteiger partial charge >= 0.3 is 5.97 Å². The first-order valence-corrected chi connectivity index (χ1v) is 9.98. The van der Waals surface area contributed by atoms with Crippen LogP contribution < -0.4 is 0 Å². The van der Waals surface area contributed by atoms with Gasteiger partial charge < -0.3 is 28.8 Å². The van der Waals surface area contributed by atoms with Gasteiger partial charge in [-0.05, 0) is 18.2 Å². The smallest absolute Gasteiger partial charge is 0.340 e. The number of benzene rings is 1. The van der Waals surface area contributed by atoms with E-state index in [1.807, 2.05) is 6.92 Å². The van der Waals surface area contributed by atoms with E-state index in [9.17, 15) is 14.7 Å². The Kier molecular flexibility index (Phi) is 4.33. The van der Waals surface area contributed by atoms with Crippen LogP contribution in [-0.2, 0) is 28.5 Å². The average Bonchev–Trinajstić information content (AvgIpc) is 3.27. The molecule has 5 atom stereocenters. The number of esters is 1. The normalized spacial score (nSPS) is 40.1. The summed E-state index contributed by atoms with van der Waals surface area (Å²) in [5.74, 6) is -2.04. The second kappa shape index (κ2) is 6.47. The Morgan fingerprint density at radius 3 is 2.79 bits per heavy atom.